The second kappa shape index (κ2) is 25.9. The largest absolute Gasteiger partial charge is 0.463 e. The van der Waals surface area contributed by atoms with Crippen LogP contribution in [0.3, 0.4) is 0 Å². The van der Waals surface area contributed by atoms with Crippen LogP contribution < -0.4 is 0 Å². The minimum absolute atomic E-state index is 0.0616. The van der Waals surface area contributed by atoms with Crippen LogP contribution in [0.5, 0.6) is 0 Å². The van der Waals surface area contributed by atoms with E-state index in [2.05, 4.69) is 0 Å². The number of esters is 1. The lowest BCUT2D eigenvalue weighted by Crippen LogP contribution is -2.15. The standard InChI is InChI=1S/C27H46O13S/c1-25-3-5-27(6-4-25)41(29,30)40-24-22-38-20-18-36-16-14-34-12-10-32-8-7-31-9-11-33-13-15-35-17-19-37-21-23-39-26(2)28/h3-6H,7-24H2,1-2H3. The van der Waals surface area contributed by atoms with Crippen LogP contribution >= 0.6 is 0 Å². The molecule has 0 atom stereocenters. The molecule has 0 unspecified atom stereocenters. The summed E-state index contributed by atoms with van der Waals surface area (Å²) in [4.78, 5) is 10.7. The van der Waals surface area contributed by atoms with Crippen LogP contribution in [0.25, 0.3) is 0 Å². The van der Waals surface area contributed by atoms with E-state index < -0.39 is 10.1 Å². The number of benzene rings is 1. The van der Waals surface area contributed by atoms with E-state index in [4.69, 9.17) is 46.8 Å². The average molecular weight is 611 g/mol. The molecule has 0 amide bonds. The van der Waals surface area contributed by atoms with Crippen LogP contribution in [-0.2, 0) is 61.7 Å². The van der Waals surface area contributed by atoms with Crippen molar-refractivity contribution >= 4 is 16.1 Å². The molecule has 1 rings (SSSR count). The first-order valence-electron chi connectivity index (χ1n) is 13.6. The third kappa shape index (κ3) is 23.5. The Morgan fingerprint density at radius 3 is 1.12 bits per heavy atom. The Bertz CT molecular complexity index is 849. The van der Waals surface area contributed by atoms with Gasteiger partial charge < -0.3 is 42.6 Å². The third-order valence-electron chi connectivity index (χ3n) is 4.91. The fourth-order valence-electron chi connectivity index (χ4n) is 2.86. The predicted octanol–water partition coefficient (Wildman–Crippen LogP) is 1.40. The molecule has 41 heavy (non-hydrogen) atoms. The number of rotatable bonds is 29. The molecular formula is C27H46O13S. The van der Waals surface area contributed by atoms with Gasteiger partial charge in [-0.3, -0.25) is 8.98 Å². The molecule has 0 saturated carbocycles. The van der Waals surface area contributed by atoms with Crippen molar-refractivity contribution in [2.24, 2.45) is 0 Å². The van der Waals surface area contributed by atoms with E-state index in [0.717, 1.165) is 5.56 Å². The highest BCUT2D eigenvalue weighted by molar-refractivity contribution is 7.86. The summed E-state index contributed by atoms with van der Waals surface area (Å²) in [6.07, 6.45) is 0. The van der Waals surface area contributed by atoms with Gasteiger partial charge in [0.05, 0.1) is 117 Å². The molecule has 0 aliphatic carbocycles. The van der Waals surface area contributed by atoms with Gasteiger partial charge in [0.15, 0.2) is 0 Å². The van der Waals surface area contributed by atoms with Crippen LogP contribution in [-0.4, -0.2) is 133 Å². The van der Waals surface area contributed by atoms with Crippen LogP contribution in [0.1, 0.15) is 12.5 Å². The average Bonchev–Trinajstić information content (AvgIpc) is 2.94. The fourth-order valence-corrected chi connectivity index (χ4v) is 3.75. The van der Waals surface area contributed by atoms with Gasteiger partial charge in [-0.1, -0.05) is 17.7 Å². The summed E-state index contributed by atoms with van der Waals surface area (Å²) >= 11 is 0. The SMILES string of the molecule is CC(=O)OCCOCCOCCOCCOCCOCCOCCOCCOCCOS(=O)(=O)c1ccc(C)cc1. The highest BCUT2D eigenvalue weighted by atomic mass is 32.2. The highest BCUT2D eigenvalue weighted by Crippen LogP contribution is 2.12. The summed E-state index contributed by atoms with van der Waals surface area (Å²) in [5, 5.41) is 0. The van der Waals surface area contributed by atoms with Gasteiger partial charge in [-0.05, 0) is 19.1 Å². The van der Waals surface area contributed by atoms with E-state index in [1.807, 2.05) is 6.92 Å². The number of ether oxygens (including phenoxy) is 9. The Balaban J connectivity index is 1.72. The second-order valence-electron chi connectivity index (χ2n) is 8.33. The van der Waals surface area contributed by atoms with Crippen LogP contribution in [0.15, 0.2) is 29.2 Å². The highest BCUT2D eigenvalue weighted by Gasteiger charge is 2.14. The zero-order valence-electron chi connectivity index (χ0n) is 24.3. The van der Waals surface area contributed by atoms with Gasteiger partial charge >= 0.3 is 5.97 Å². The molecular weight excluding hydrogens is 564 g/mol. The van der Waals surface area contributed by atoms with Gasteiger partial charge in [0.25, 0.3) is 10.1 Å². The van der Waals surface area contributed by atoms with Gasteiger partial charge in [0.1, 0.15) is 6.61 Å². The first-order valence-corrected chi connectivity index (χ1v) is 15.0. The Morgan fingerprint density at radius 2 is 0.805 bits per heavy atom. The minimum Gasteiger partial charge on any atom is -0.463 e. The Labute approximate surface area is 243 Å². The monoisotopic (exact) mass is 610 g/mol. The van der Waals surface area contributed by atoms with Gasteiger partial charge in [-0.2, -0.15) is 8.42 Å². The van der Waals surface area contributed by atoms with Crippen molar-refractivity contribution in [2.45, 2.75) is 18.7 Å². The van der Waals surface area contributed by atoms with Crippen molar-refractivity contribution in [3.63, 3.8) is 0 Å². The number of aryl methyl sites for hydroxylation is 1. The van der Waals surface area contributed by atoms with Gasteiger partial charge in [-0.25, -0.2) is 0 Å². The molecule has 0 N–H and O–H groups in total. The van der Waals surface area contributed by atoms with Gasteiger partial charge in [-0.15, -0.1) is 0 Å². The summed E-state index contributed by atoms with van der Waals surface area (Å²) in [5.74, 6) is -0.319. The molecule has 14 heteroatoms. The normalized spacial score (nSPS) is 11.7. The quantitative estimate of drug-likeness (QED) is 0.0733. The molecule has 238 valence electrons. The summed E-state index contributed by atoms with van der Waals surface area (Å²) in [7, 11) is -3.77. The van der Waals surface area contributed by atoms with Crippen LogP contribution in [0.2, 0.25) is 0 Å². The molecule has 1 aromatic rings. The first kappa shape index (κ1) is 37.3. The van der Waals surface area contributed by atoms with E-state index in [0.29, 0.717) is 99.1 Å². The Kier molecular flexibility index (Phi) is 23.6. The summed E-state index contributed by atoms with van der Waals surface area (Å²) < 4.78 is 76.8. The maximum absolute atomic E-state index is 12.0. The Morgan fingerprint density at radius 1 is 0.512 bits per heavy atom. The Hall–Kier alpha value is -1.72. The van der Waals surface area contributed by atoms with Crippen molar-refractivity contribution in [2.75, 3.05) is 119 Å². The van der Waals surface area contributed by atoms with E-state index >= 15 is 0 Å². The summed E-state index contributed by atoms with van der Waals surface area (Å²) in [5.41, 5.74) is 0.973. The minimum atomic E-state index is -3.77. The molecule has 0 aromatic heterocycles. The molecule has 0 saturated heterocycles. The van der Waals surface area contributed by atoms with Gasteiger partial charge in [0, 0.05) is 6.92 Å². The second-order valence-corrected chi connectivity index (χ2v) is 9.94. The predicted molar refractivity (Wildman–Crippen MR) is 148 cm³/mol. The lowest BCUT2D eigenvalue weighted by atomic mass is 10.2. The molecule has 0 aliphatic rings. The van der Waals surface area contributed by atoms with Crippen molar-refractivity contribution in [3.8, 4) is 0 Å². The van der Waals surface area contributed by atoms with Crippen LogP contribution in [0.4, 0.5) is 0 Å². The summed E-state index contributed by atoms with van der Waals surface area (Å²) in [6.45, 7) is 10.1. The topological polar surface area (TPSA) is 144 Å². The molecule has 1 aromatic carbocycles. The zero-order chi connectivity index (χ0) is 29.9. The van der Waals surface area contributed by atoms with E-state index in [-0.39, 0.29) is 30.7 Å². The number of carbonyl (C=O) groups excluding carboxylic acids is 1. The maximum atomic E-state index is 12.0. The van der Waals surface area contributed by atoms with Crippen LogP contribution in [0, 0.1) is 6.92 Å². The number of hydrogen-bond donors (Lipinski definition) is 0. The lowest BCUT2D eigenvalue weighted by Gasteiger charge is -2.09. The fraction of sp³-hybridized carbons (Fsp3) is 0.741. The molecule has 0 heterocycles. The molecule has 0 fully saturated rings. The van der Waals surface area contributed by atoms with E-state index in [1.54, 1.807) is 12.1 Å². The molecule has 0 bridgehead atoms. The number of carbonyl (C=O) groups is 1. The smallest absolute Gasteiger partial charge is 0.302 e. The lowest BCUT2D eigenvalue weighted by molar-refractivity contribution is -0.142. The van der Waals surface area contributed by atoms with E-state index in [9.17, 15) is 13.2 Å². The maximum Gasteiger partial charge on any atom is 0.302 e. The first-order chi connectivity index (χ1) is 19.9. The van der Waals surface area contributed by atoms with Crippen molar-refractivity contribution in [1.29, 1.82) is 0 Å². The molecule has 13 nitrogen and oxygen atoms in total. The molecule has 0 radical (unpaired) electrons. The van der Waals surface area contributed by atoms with Crippen molar-refractivity contribution in [1.82, 2.24) is 0 Å². The van der Waals surface area contributed by atoms with E-state index in [1.165, 1.54) is 19.1 Å². The zero-order valence-corrected chi connectivity index (χ0v) is 25.1. The molecule has 0 spiro atoms. The van der Waals surface area contributed by atoms with Crippen molar-refractivity contribution < 1.29 is 60.0 Å². The molecule has 0 aliphatic heterocycles. The number of hydrogen-bond acceptors (Lipinski definition) is 13. The van der Waals surface area contributed by atoms with Gasteiger partial charge in [0.2, 0.25) is 0 Å². The summed E-state index contributed by atoms with van der Waals surface area (Å²) in [6, 6.07) is 6.47. The third-order valence-corrected chi connectivity index (χ3v) is 6.24. The van der Waals surface area contributed by atoms with Crippen molar-refractivity contribution in [3.05, 3.63) is 29.8 Å².